The van der Waals surface area contributed by atoms with Crippen molar-refractivity contribution in [2.45, 2.75) is 26.5 Å². The Balaban J connectivity index is 1.71. The molecule has 0 aliphatic carbocycles. The van der Waals surface area contributed by atoms with Gasteiger partial charge in [-0.05, 0) is 49.2 Å². The SMILES string of the molecule is Cc1ccc(C(=O)O)cc1NCc1ccc(-c2ccc(C(C)O)cc2)o1. The lowest BCUT2D eigenvalue weighted by atomic mass is 10.1. The van der Waals surface area contributed by atoms with E-state index in [0.29, 0.717) is 6.54 Å². The third kappa shape index (κ3) is 3.95. The van der Waals surface area contributed by atoms with E-state index < -0.39 is 12.1 Å². The number of anilines is 1. The molecule has 26 heavy (non-hydrogen) atoms. The van der Waals surface area contributed by atoms with Gasteiger partial charge in [0.05, 0.1) is 18.2 Å². The largest absolute Gasteiger partial charge is 0.478 e. The van der Waals surface area contributed by atoms with Crippen molar-refractivity contribution in [1.82, 2.24) is 0 Å². The lowest BCUT2D eigenvalue weighted by molar-refractivity contribution is 0.0697. The van der Waals surface area contributed by atoms with Crippen LogP contribution in [0.5, 0.6) is 0 Å². The highest BCUT2D eigenvalue weighted by molar-refractivity contribution is 5.89. The number of hydrogen-bond acceptors (Lipinski definition) is 4. The Morgan fingerprint density at radius 3 is 2.50 bits per heavy atom. The van der Waals surface area contributed by atoms with Crippen LogP contribution in [0, 0.1) is 6.92 Å². The van der Waals surface area contributed by atoms with Crippen LogP contribution in [-0.4, -0.2) is 16.2 Å². The molecule has 5 nitrogen and oxygen atoms in total. The quantitative estimate of drug-likeness (QED) is 0.604. The summed E-state index contributed by atoms with van der Waals surface area (Å²) in [6.45, 7) is 4.11. The molecule has 3 N–H and O–H groups in total. The van der Waals surface area contributed by atoms with E-state index in [1.807, 2.05) is 43.3 Å². The van der Waals surface area contributed by atoms with Crippen LogP contribution in [0.25, 0.3) is 11.3 Å². The highest BCUT2D eigenvalue weighted by Crippen LogP contribution is 2.25. The number of carbonyl (C=O) groups is 1. The molecule has 0 aliphatic heterocycles. The fourth-order valence-corrected chi connectivity index (χ4v) is 2.68. The molecule has 0 aliphatic rings. The van der Waals surface area contributed by atoms with Crippen molar-refractivity contribution in [1.29, 1.82) is 0 Å². The number of furan rings is 1. The molecular weight excluding hydrogens is 330 g/mol. The summed E-state index contributed by atoms with van der Waals surface area (Å²) in [4.78, 5) is 11.1. The summed E-state index contributed by atoms with van der Waals surface area (Å²) >= 11 is 0. The van der Waals surface area contributed by atoms with Gasteiger partial charge in [0.15, 0.2) is 0 Å². The van der Waals surface area contributed by atoms with Gasteiger partial charge < -0.3 is 19.9 Å². The number of aliphatic hydroxyl groups excluding tert-OH is 1. The molecule has 0 saturated carbocycles. The first-order chi connectivity index (χ1) is 12.4. The van der Waals surface area contributed by atoms with Crippen LogP contribution in [0.1, 0.15) is 40.3 Å². The van der Waals surface area contributed by atoms with Crippen molar-refractivity contribution in [3.05, 3.63) is 77.0 Å². The van der Waals surface area contributed by atoms with E-state index >= 15 is 0 Å². The van der Waals surface area contributed by atoms with Crippen LogP contribution in [0.2, 0.25) is 0 Å². The van der Waals surface area contributed by atoms with Crippen LogP contribution in [0.15, 0.2) is 59.0 Å². The first kappa shape index (κ1) is 17.8. The van der Waals surface area contributed by atoms with Gasteiger partial charge in [-0.25, -0.2) is 4.79 Å². The molecule has 0 saturated heterocycles. The number of carboxylic acids is 1. The second kappa shape index (κ2) is 7.45. The second-order valence-corrected chi connectivity index (χ2v) is 6.25. The molecule has 134 valence electrons. The smallest absolute Gasteiger partial charge is 0.335 e. The van der Waals surface area contributed by atoms with Crippen molar-refractivity contribution >= 4 is 11.7 Å². The fraction of sp³-hybridized carbons (Fsp3) is 0.190. The van der Waals surface area contributed by atoms with Gasteiger partial charge in [0.2, 0.25) is 0 Å². The van der Waals surface area contributed by atoms with Crippen LogP contribution in [-0.2, 0) is 6.54 Å². The average molecular weight is 351 g/mol. The number of aromatic carboxylic acids is 1. The Hall–Kier alpha value is -3.05. The standard InChI is InChI=1S/C21H21NO4/c1-13-3-4-17(21(24)25)11-19(13)22-12-18-9-10-20(26-18)16-7-5-15(6-8-16)14(2)23/h3-11,14,22-23H,12H2,1-2H3,(H,24,25). The minimum atomic E-state index is -0.950. The zero-order chi connectivity index (χ0) is 18.7. The van der Waals surface area contributed by atoms with E-state index in [4.69, 9.17) is 9.52 Å². The summed E-state index contributed by atoms with van der Waals surface area (Å²) in [5.74, 6) is 0.545. The number of hydrogen-bond donors (Lipinski definition) is 3. The lowest BCUT2D eigenvalue weighted by Crippen LogP contribution is -2.03. The van der Waals surface area contributed by atoms with E-state index in [1.165, 1.54) is 0 Å². The summed E-state index contributed by atoms with van der Waals surface area (Å²) in [6, 6.07) is 16.4. The van der Waals surface area contributed by atoms with Gasteiger partial charge in [-0.15, -0.1) is 0 Å². The molecule has 1 atom stereocenters. The van der Waals surface area contributed by atoms with Gasteiger partial charge in [-0.1, -0.05) is 30.3 Å². The summed E-state index contributed by atoms with van der Waals surface area (Å²) in [6.07, 6.45) is -0.495. The molecule has 1 aromatic heterocycles. The second-order valence-electron chi connectivity index (χ2n) is 6.25. The molecule has 0 spiro atoms. The summed E-state index contributed by atoms with van der Waals surface area (Å²) in [5.41, 5.74) is 3.77. The Morgan fingerprint density at radius 1 is 1.12 bits per heavy atom. The van der Waals surface area contributed by atoms with Gasteiger partial charge in [0, 0.05) is 11.3 Å². The summed E-state index contributed by atoms with van der Waals surface area (Å²) in [7, 11) is 0. The molecule has 3 aromatic rings. The van der Waals surface area contributed by atoms with Crippen LogP contribution < -0.4 is 5.32 Å². The Bertz CT molecular complexity index is 910. The molecule has 5 heteroatoms. The number of nitrogens with one attached hydrogen (secondary N) is 1. The van der Waals surface area contributed by atoms with Gasteiger partial charge in [-0.2, -0.15) is 0 Å². The Morgan fingerprint density at radius 2 is 1.85 bits per heavy atom. The first-order valence-corrected chi connectivity index (χ1v) is 8.39. The maximum atomic E-state index is 11.1. The normalized spacial score (nSPS) is 12.0. The maximum Gasteiger partial charge on any atom is 0.335 e. The molecule has 0 amide bonds. The van der Waals surface area contributed by atoms with E-state index in [9.17, 15) is 9.90 Å². The fourth-order valence-electron chi connectivity index (χ4n) is 2.68. The van der Waals surface area contributed by atoms with Crippen molar-refractivity contribution in [2.75, 3.05) is 5.32 Å². The minimum absolute atomic E-state index is 0.247. The van der Waals surface area contributed by atoms with E-state index in [2.05, 4.69) is 5.32 Å². The molecule has 3 rings (SSSR count). The number of aryl methyl sites for hydroxylation is 1. The van der Waals surface area contributed by atoms with Gasteiger partial charge in [0.1, 0.15) is 11.5 Å². The zero-order valence-electron chi connectivity index (χ0n) is 14.7. The molecule has 0 radical (unpaired) electrons. The summed E-state index contributed by atoms with van der Waals surface area (Å²) in [5, 5.41) is 21.9. The third-order valence-corrected chi connectivity index (χ3v) is 4.28. The molecule has 1 heterocycles. The Labute approximate surface area is 151 Å². The third-order valence-electron chi connectivity index (χ3n) is 4.28. The highest BCUT2D eigenvalue weighted by atomic mass is 16.4. The number of carboxylic acid groups (broad SMARTS) is 1. The molecule has 2 aromatic carbocycles. The predicted molar refractivity (Wildman–Crippen MR) is 100 cm³/mol. The van der Waals surface area contributed by atoms with E-state index in [-0.39, 0.29) is 5.56 Å². The van der Waals surface area contributed by atoms with Gasteiger partial charge in [-0.3, -0.25) is 0 Å². The molecule has 0 bridgehead atoms. The van der Waals surface area contributed by atoms with E-state index in [1.54, 1.807) is 25.1 Å². The monoisotopic (exact) mass is 351 g/mol. The van der Waals surface area contributed by atoms with Crippen LogP contribution in [0.4, 0.5) is 5.69 Å². The average Bonchev–Trinajstić information content (AvgIpc) is 3.10. The number of benzene rings is 2. The molecule has 1 unspecified atom stereocenters. The minimum Gasteiger partial charge on any atom is -0.478 e. The predicted octanol–water partition coefficient (Wildman–Crippen LogP) is 4.62. The maximum absolute atomic E-state index is 11.1. The summed E-state index contributed by atoms with van der Waals surface area (Å²) < 4.78 is 5.87. The van der Waals surface area contributed by atoms with Gasteiger partial charge in [0.25, 0.3) is 0 Å². The highest BCUT2D eigenvalue weighted by Gasteiger charge is 2.09. The number of aliphatic hydroxyl groups is 1. The van der Waals surface area contributed by atoms with E-state index in [0.717, 1.165) is 33.9 Å². The van der Waals surface area contributed by atoms with Crippen molar-refractivity contribution in [3.63, 3.8) is 0 Å². The topological polar surface area (TPSA) is 82.7 Å². The van der Waals surface area contributed by atoms with Crippen molar-refractivity contribution in [2.24, 2.45) is 0 Å². The Kier molecular flexibility index (Phi) is 5.09. The first-order valence-electron chi connectivity index (χ1n) is 8.39. The molecule has 0 fully saturated rings. The number of rotatable bonds is 6. The van der Waals surface area contributed by atoms with Gasteiger partial charge >= 0.3 is 5.97 Å². The molecular formula is C21H21NO4. The van der Waals surface area contributed by atoms with Crippen molar-refractivity contribution < 1.29 is 19.4 Å². The van der Waals surface area contributed by atoms with Crippen molar-refractivity contribution in [3.8, 4) is 11.3 Å². The van der Waals surface area contributed by atoms with Crippen LogP contribution >= 0.6 is 0 Å². The zero-order valence-corrected chi connectivity index (χ0v) is 14.7. The lowest BCUT2D eigenvalue weighted by Gasteiger charge is -2.09. The van der Waals surface area contributed by atoms with Crippen LogP contribution in [0.3, 0.4) is 0 Å².